The number of urea groups is 1. The summed E-state index contributed by atoms with van der Waals surface area (Å²) in [4.78, 5) is 30.9. The lowest BCUT2D eigenvalue weighted by molar-refractivity contribution is -0.126. The molecule has 3 aliphatic rings. The minimum Gasteiger partial charge on any atom is -0.474 e. The number of ether oxygens (including phenoxy) is 1. The van der Waals surface area contributed by atoms with Gasteiger partial charge in [0.05, 0.1) is 6.20 Å². The van der Waals surface area contributed by atoms with Crippen molar-refractivity contribution in [2.75, 3.05) is 19.6 Å². The molecule has 2 atom stereocenters. The summed E-state index contributed by atoms with van der Waals surface area (Å²) in [7, 11) is 0. The van der Waals surface area contributed by atoms with Gasteiger partial charge in [0.15, 0.2) is 6.10 Å². The summed E-state index contributed by atoms with van der Waals surface area (Å²) >= 11 is 0. The zero-order chi connectivity index (χ0) is 22.8. The maximum absolute atomic E-state index is 13.3. The standard InChI is InChI=1S/C25H27FN4O3/c26-20-3-1-2-17(12-20)14-29-24(32)30-10-7-25(8-11-30)13-19(25)15-28-23(31)21-5-4-18-6-9-27-16-22(18)33-21/h1-6,9,12,16,19,21H,7-8,10-11,13-15H2,(H,28,31)(H,29,32). The van der Waals surface area contributed by atoms with Crippen LogP contribution in [0.25, 0.3) is 6.08 Å². The van der Waals surface area contributed by atoms with Crippen LogP contribution in [0.2, 0.25) is 0 Å². The predicted molar refractivity (Wildman–Crippen MR) is 121 cm³/mol. The van der Waals surface area contributed by atoms with Crippen molar-refractivity contribution in [2.24, 2.45) is 11.3 Å². The van der Waals surface area contributed by atoms with Crippen molar-refractivity contribution in [3.05, 3.63) is 65.7 Å². The number of nitrogens with one attached hydrogen (secondary N) is 2. The molecule has 0 bridgehead atoms. The Kier molecular flexibility index (Phi) is 5.74. The molecule has 0 radical (unpaired) electrons. The highest BCUT2D eigenvalue weighted by Crippen LogP contribution is 2.59. The lowest BCUT2D eigenvalue weighted by Gasteiger charge is -2.33. The van der Waals surface area contributed by atoms with Crippen LogP contribution in [0.15, 0.2) is 48.8 Å². The van der Waals surface area contributed by atoms with Crippen LogP contribution in [0.3, 0.4) is 0 Å². The molecule has 3 heterocycles. The Morgan fingerprint density at radius 1 is 1.21 bits per heavy atom. The molecule has 1 aromatic heterocycles. The van der Waals surface area contributed by atoms with E-state index in [9.17, 15) is 14.0 Å². The Morgan fingerprint density at radius 3 is 2.88 bits per heavy atom. The average Bonchev–Trinajstić information content (AvgIpc) is 3.52. The third-order valence-corrected chi connectivity index (χ3v) is 7.04. The Labute approximate surface area is 192 Å². The van der Waals surface area contributed by atoms with Crippen molar-refractivity contribution in [1.29, 1.82) is 0 Å². The van der Waals surface area contributed by atoms with Crippen LogP contribution in [0, 0.1) is 17.2 Å². The normalized spacial score (nSPS) is 22.3. The Hall–Kier alpha value is -3.42. The lowest BCUT2D eigenvalue weighted by atomic mass is 9.91. The van der Waals surface area contributed by atoms with Crippen molar-refractivity contribution < 1.29 is 18.7 Å². The van der Waals surface area contributed by atoms with Crippen LogP contribution in [0.5, 0.6) is 5.75 Å². The second-order valence-corrected chi connectivity index (χ2v) is 9.10. The molecule has 7 nitrogen and oxygen atoms in total. The van der Waals surface area contributed by atoms with Crippen LogP contribution >= 0.6 is 0 Å². The van der Waals surface area contributed by atoms with Crippen LogP contribution in [-0.4, -0.2) is 47.6 Å². The van der Waals surface area contributed by atoms with Gasteiger partial charge < -0.3 is 20.3 Å². The summed E-state index contributed by atoms with van der Waals surface area (Å²) in [5.41, 5.74) is 1.88. The number of aromatic nitrogens is 1. The molecule has 5 rings (SSSR count). The summed E-state index contributed by atoms with van der Waals surface area (Å²) in [5, 5.41) is 5.91. The fourth-order valence-electron chi connectivity index (χ4n) is 4.88. The maximum Gasteiger partial charge on any atom is 0.317 e. The minimum absolute atomic E-state index is 0.115. The van der Waals surface area contributed by atoms with Crippen LogP contribution < -0.4 is 15.4 Å². The molecule has 2 N–H and O–H groups in total. The molecule has 1 saturated heterocycles. The quantitative estimate of drug-likeness (QED) is 0.733. The maximum atomic E-state index is 13.3. The van der Waals surface area contributed by atoms with E-state index >= 15 is 0 Å². The molecular formula is C25H27FN4O3. The van der Waals surface area contributed by atoms with E-state index in [4.69, 9.17) is 4.74 Å². The number of carbonyl (C=O) groups excluding carboxylic acids is 2. The molecule has 1 aliphatic carbocycles. The molecule has 1 aromatic carbocycles. The van der Waals surface area contributed by atoms with Crippen LogP contribution in [0.4, 0.5) is 9.18 Å². The van der Waals surface area contributed by atoms with E-state index in [1.54, 1.807) is 30.6 Å². The van der Waals surface area contributed by atoms with Crippen LogP contribution in [0.1, 0.15) is 30.4 Å². The number of benzene rings is 1. The molecule has 33 heavy (non-hydrogen) atoms. The van der Waals surface area contributed by atoms with E-state index in [0.29, 0.717) is 37.8 Å². The van der Waals surface area contributed by atoms with E-state index in [-0.39, 0.29) is 23.2 Å². The zero-order valence-electron chi connectivity index (χ0n) is 18.3. The summed E-state index contributed by atoms with van der Waals surface area (Å²) in [6, 6.07) is 7.98. The third kappa shape index (κ3) is 4.69. The van der Waals surface area contributed by atoms with Gasteiger partial charge in [0.2, 0.25) is 0 Å². The number of hydrogen-bond acceptors (Lipinski definition) is 4. The molecular weight excluding hydrogens is 423 g/mol. The summed E-state index contributed by atoms with van der Waals surface area (Å²) in [5.74, 6) is 0.602. The number of halogens is 1. The van der Waals surface area contributed by atoms with Crippen molar-refractivity contribution in [1.82, 2.24) is 20.5 Å². The first-order chi connectivity index (χ1) is 16.0. The number of carbonyl (C=O) groups is 2. The molecule has 2 fully saturated rings. The average molecular weight is 451 g/mol. The van der Waals surface area contributed by atoms with Crippen LogP contribution in [-0.2, 0) is 11.3 Å². The minimum atomic E-state index is -0.639. The van der Waals surface area contributed by atoms with Gasteiger partial charge in [-0.1, -0.05) is 18.2 Å². The topological polar surface area (TPSA) is 83.6 Å². The first kappa shape index (κ1) is 21.4. The van der Waals surface area contributed by atoms with Crippen molar-refractivity contribution in [2.45, 2.75) is 31.9 Å². The summed E-state index contributed by atoms with van der Waals surface area (Å²) in [6.45, 7) is 2.32. The highest BCUT2D eigenvalue weighted by atomic mass is 19.1. The molecule has 2 aliphatic heterocycles. The van der Waals surface area contributed by atoms with Crippen molar-refractivity contribution in [3.8, 4) is 5.75 Å². The Balaban J connectivity index is 1.04. The zero-order valence-corrected chi connectivity index (χ0v) is 18.3. The number of piperidine rings is 1. The van der Waals surface area contributed by atoms with Gasteiger partial charge in [-0.3, -0.25) is 9.78 Å². The van der Waals surface area contributed by atoms with Gasteiger partial charge in [-0.05, 0) is 60.4 Å². The number of pyridine rings is 1. The SMILES string of the molecule is O=C(NCC1CC12CCN(C(=O)NCc1cccc(F)c1)CC2)C1C=Cc2ccncc2O1. The Morgan fingerprint density at radius 2 is 2.06 bits per heavy atom. The second-order valence-electron chi connectivity index (χ2n) is 9.10. The van der Waals surface area contributed by atoms with Crippen molar-refractivity contribution >= 4 is 18.0 Å². The number of hydrogen-bond donors (Lipinski definition) is 2. The fourth-order valence-corrected chi connectivity index (χ4v) is 4.88. The highest BCUT2D eigenvalue weighted by Gasteiger charge is 2.54. The highest BCUT2D eigenvalue weighted by molar-refractivity contribution is 5.85. The van der Waals surface area contributed by atoms with Gasteiger partial charge in [-0.25, -0.2) is 9.18 Å². The van der Waals surface area contributed by atoms with E-state index in [1.807, 2.05) is 17.0 Å². The number of rotatable bonds is 5. The number of nitrogens with zero attached hydrogens (tertiary/aromatic N) is 2. The third-order valence-electron chi connectivity index (χ3n) is 7.04. The van der Waals surface area contributed by atoms with Gasteiger partial charge in [-0.2, -0.15) is 0 Å². The molecule has 1 saturated carbocycles. The molecule has 2 unspecified atom stereocenters. The lowest BCUT2D eigenvalue weighted by Crippen LogP contribution is -2.45. The predicted octanol–water partition coefficient (Wildman–Crippen LogP) is 3.12. The van der Waals surface area contributed by atoms with Gasteiger partial charge in [-0.15, -0.1) is 0 Å². The van der Waals surface area contributed by atoms with Crippen molar-refractivity contribution in [3.63, 3.8) is 0 Å². The first-order valence-electron chi connectivity index (χ1n) is 11.4. The molecule has 172 valence electrons. The number of amides is 3. The van der Waals surface area contributed by atoms with E-state index in [2.05, 4.69) is 15.6 Å². The number of fused-ring (bicyclic) bond motifs is 1. The van der Waals surface area contributed by atoms with Gasteiger partial charge in [0, 0.05) is 37.9 Å². The van der Waals surface area contributed by atoms with Gasteiger partial charge in [0.25, 0.3) is 5.91 Å². The second kappa shape index (κ2) is 8.84. The molecule has 1 spiro atoms. The van der Waals surface area contributed by atoms with E-state index in [1.165, 1.54) is 12.1 Å². The molecule has 2 aromatic rings. The molecule has 8 heteroatoms. The fraction of sp³-hybridized carbons (Fsp3) is 0.400. The Bertz CT molecular complexity index is 1080. The summed E-state index contributed by atoms with van der Waals surface area (Å²) in [6.07, 6.45) is 9.26. The first-order valence-corrected chi connectivity index (χ1v) is 11.4. The van der Waals surface area contributed by atoms with Gasteiger partial charge in [0.1, 0.15) is 11.6 Å². The smallest absolute Gasteiger partial charge is 0.317 e. The monoisotopic (exact) mass is 450 g/mol. The van der Waals surface area contributed by atoms with E-state index in [0.717, 1.165) is 30.4 Å². The number of likely N-dealkylation sites (tertiary alicyclic amines) is 1. The summed E-state index contributed by atoms with van der Waals surface area (Å²) < 4.78 is 19.0. The van der Waals surface area contributed by atoms with Gasteiger partial charge >= 0.3 is 6.03 Å². The molecule has 3 amide bonds. The largest absolute Gasteiger partial charge is 0.474 e. The van der Waals surface area contributed by atoms with E-state index < -0.39 is 6.10 Å².